The number of carbonyl (C=O) groups is 1. The zero-order chi connectivity index (χ0) is 14.9. The van der Waals surface area contributed by atoms with Crippen molar-refractivity contribution in [3.63, 3.8) is 0 Å². The molecule has 0 spiro atoms. The number of thiazole rings is 1. The van der Waals surface area contributed by atoms with Crippen LogP contribution < -0.4 is 10.5 Å². The van der Waals surface area contributed by atoms with E-state index in [0.717, 1.165) is 16.1 Å². The van der Waals surface area contributed by atoms with Gasteiger partial charge in [-0.1, -0.05) is 0 Å². The largest absolute Gasteiger partial charge is 0.426 e. The van der Waals surface area contributed by atoms with E-state index in [1.807, 2.05) is 39.8 Å². The molecule has 0 unspecified atom stereocenters. The number of nitrogens with zero attached hydrogens (tertiary/aromatic N) is 1. The SMILES string of the molecule is Cc1sc(N)nc1-c1ccc(OC(=O)C(C)(C)C)cc1. The molecule has 0 bridgehead atoms. The van der Waals surface area contributed by atoms with Crippen molar-refractivity contribution >= 4 is 22.4 Å². The molecule has 0 aliphatic rings. The van der Waals surface area contributed by atoms with Gasteiger partial charge in [0.25, 0.3) is 0 Å². The number of esters is 1. The lowest BCUT2D eigenvalue weighted by Crippen LogP contribution is -2.25. The summed E-state index contributed by atoms with van der Waals surface area (Å²) in [5.41, 5.74) is 7.02. The number of aryl methyl sites for hydroxylation is 1. The molecule has 2 N–H and O–H groups in total. The highest BCUT2D eigenvalue weighted by Crippen LogP contribution is 2.30. The van der Waals surface area contributed by atoms with Crippen LogP contribution in [0.5, 0.6) is 5.75 Å². The van der Waals surface area contributed by atoms with Gasteiger partial charge in [-0.3, -0.25) is 4.79 Å². The van der Waals surface area contributed by atoms with Gasteiger partial charge < -0.3 is 10.5 Å². The minimum Gasteiger partial charge on any atom is -0.426 e. The molecule has 0 fully saturated rings. The van der Waals surface area contributed by atoms with Crippen molar-refractivity contribution in [2.45, 2.75) is 27.7 Å². The molecule has 20 heavy (non-hydrogen) atoms. The predicted octanol–water partition coefficient (Wildman–Crippen LogP) is 3.65. The van der Waals surface area contributed by atoms with Gasteiger partial charge in [-0.25, -0.2) is 4.98 Å². The Morgan fingerprint density at radius 3 is 2.30 bits per heavy atom. The smallest absolute Gasteiger partial charge is 0.316 e. The molecule has 4 nitrogen and oxygen atoms in total. The summed E-state index contributed by atoms with van der Waals surface area (Å²) in [5.74, 6) is 0.286. The van der Waals surface area contributed by atoms with Crippen LogP contribution in [0.3, 0.4) is 0 Å². The molecular formula is C15H18N2O2S. The monoisotopic (exact) mass is 290 g/mol. The number of nitrogens with two attached hydrogens (primary N) is 1. The third-order valence-corrected chi connectivity index (χ3v) is 3.56. The minimum atomic E-state index is -0.515. The predicted molar refractivity (Wildman–Crippen MR) is 81.8 cm³/mol. The first kappa shape index (κ1) is 14.5. The topological polar surface area (TPSA) is 65.2 Å². The Bertz CT molecular complexity index is 624. The fourth-order valence-corrected chi connectivity index (χ4v) is 2.34. The van der Waals surface area contributed by atoms with Gasteiger partial charge in [0.1, 0.15) is 5.75 Å². The lowest BCUT2D eigenvalue weighted by atomic mass is 9.97. The second-order valence-electron chi connectivity index (χ2n) is 5.62. The third-order valence-electron chi connectivity index (χ3n) is 2.76. The summed E-state index contributed by atoms with van der Waals surface area (Å²) < 4.78 is 5.32. The highest BCUT2D eigenvalue weighted by molar-refractivity contribution is 7.15. The fourth-order valence-electron chi connectivity index (χ4n) is 1.63. The molecule has 1 aromatic carbocycles. The van der Waals surface area contributed by atoms with Crippen LogP contribution in [0.4, 0.5) is 5.13 Å². The summed E-state index contributed by atoms with van der Waals surface area (Å²) in [5, 5.41) is 0.556. The number of hydrogen-bond acceptors (Lipinski definition) is 5. The molecule has 0 radical (unpaired) electrons. The van der Waals surface area contributed by atoms with Crippen molar-refractivity contribution in [3.05, 3.63) is 29.1 Å². The summed E-state index contributed by atoms with van der Waals surface area (Å²) in [4.78, 5) is 17.2. The first-order valence-electron chi connectivity index (χ1n) is 6.33. The van der Waals surface area contributed by atoms with Crippen LogP contribution in [0.25, 0.3) is 11.3 Å². The third kappa shape index (κ3) is 3.17. The van der Waals surface area contributed by atoms with Crippen molar-refractivity contribution in [2.24, 2.45) is 5.41 Å². The molecule has 0 aliphatic carbocycles. The number of hydrogen-bond donors (Lipinski definition) is 1. The average molecular weight is 290 g/mol. The van der Waals surface area contributed by atoms with Crippen LogP contribution in [-0.2, 0) is 4.79 Å². The molecule has 0 atom stereocenters. The van der Waals surface area contributed by atoms with E-state index >= 15 is 0 Å². The molecule has 2 aromatic rings. The van der Waals surface area contributed by atoms with E-state index in [2.05, 4.69) is 4.98 Å². The summed E-state index contributed by atoms with van der Waals surface area (Å²) in [6.07, 6.45) is 0. The molecule has 0 aliphatic heterocycles. The van der Waals surface area contributed by atoms with E-state index in [0.29, 0.717) is 10.9 Å². The Balaban J connectivity index is 2.19. The van der Waals surface area contributed by atoms with Crippen molar-refractivity contribution in [2.75, 3.05) is 5.73 Å². The van der Waals surface area contributed by atoms with Gasteiger partial charge in [-0.05, 0) is 52.0 Å². The van der Waals surface area contributed by atoms with Gasteiger partial charge in [0, 0.05) is 10.4 Å². The molecular weight excluding hydrogens is 272 g/mol. The zero-order valence-electron chi connectivity index (χ0n) is 12.1. The zero-order valence-corrected chi connectivity index (χ0v) is 12.9. The normalized spacial score (nSPS) is 11.4. The van der Waals surface area contributed by atoms with Gasteiger partial charge in [0.05, 0.1) is 11.1 Å². The Kier molecular flexibility index (Phi) is 3.81. The number of rotatable bonds is 2. The maximum absolute atomic E-state index is 11.8. The van der Waals surface area contributed by atoms with Crippen LogP contribution in [-0.4, -0.2) is 11.0 Å². The summed E-state index contributed by atoms with van der Waals surface area (Å²) in [6, 6.07) is 7.31. The average Bonchev–Trinajstić information content (AvgIpc) is 2.68. The van der Waals surface area contributed by atoms with Crippen LogP contribution >= 0.6 is 11.3 Å². The van der Waals surface area contributed by atoms with Gasteiger partial charge in [0.2, 0.25) is 0 Å². The molecule has 0 saturated heterocycles. The van der Waals surface area contributed by atoms with E-state index in [4.69, 9.17) is 10.5 Å². The first-order chi connectivity index (χ1) is 9.27. The first-order valence-corrected chi connectivity index (χ1v) is 7.14. The molecule has 0 saturated carbocycles. The Labute approximate surface area is 122 Å². The van der Waals surface area contributed by atoms with E-state index in [1.54, 1.807) is 12.1 Å². The number of carbonyl (C=O) groups excluding carboxylic acids is 1. The number of benzene rings is 1. The fraction of sp³-hybridized carbons (Fsp3) is 0.333. The van der Waals surface area contributed by atoms with Crippen molar-refractivity contribution < 1.29 is 9.53 Å². The number of anilines is 1. The number of ether oxygens (including phenoxy) is 1. The Morgan fingerprint density at radius 1 is 1.25 bits per heavy atom. The molecule has 2 rings (SSSR count). The van der Waals surface area contributed by atoms with Gasteiger partial charge in [-0.2, -0.15) is 0 Å². The lowest BCUT2D eigenvalue weighted by molar-refractivity contribution is -0.142. The molecule has 0 amide bonds. The van der Waals surface area contributed by atoms with E-state index in [-0.39, 0.29) is 5.97 Å². The lowest BCUT2D eigenvalue weighted by Gasteiger charge is -2.16. The second kappa shape index (κ2) is 5.25. The van der Waals surface area contributed by atoms with E-state index in [9.17, 15) is 4.79 Å². The molecule has 1 heterocycles. The number of nitrogen functional groups attached to an aromatic ring is 1. The molecule has 1 aromatic heterocycles. The van der Waals surface area contributed by atoms with Crippen LogP contribution in [0.1, 0.15) is 25.6 Å². The van der Waals surface area contributed by atoms with Crippen LogP contribution in [0, 0.1) is 12.3 Å². The summed E-state index contributed by atoms with van der Waals surface area (Å²) in [7, 11) is 0. The Hall–Kier alpha value is -1.88. The van der Waals surface area contributed by atoms with Crippen molar-refractivity contribution in [1.29, 1.82) is 0 Å². The maximum Gasteiger partial charge on any atom is 0.316 e. The van der Waals surface area contributed by atoms with Crippen LogP contribution in [0.2, 0.25) is 0 Å². The maximum atomic E-state index is 11.8. The Morgan fingerprint density at radius 2 is 1.85 bits per heavy atom. The highest BCUT2D eigenvalue weighted by atomic mass is 32.1. The minimum absolute atomic E-state index is 0.251. The summed E-state index contributed by atoms with van der Waals surface area (Å²) >= 11 is 1.46. The quantitative estimate of drug-likeness (QED) is 0.677. The molecule has 5 heteroatoms. The number of aromatic nitrogens is 1. The second-order valence-corrected chi connectivity index (χ2v) is 6.86. The molecule has 106 valence electrons. The van der Waals surface area contributed by atoms with Gasteiger partial charge in [0.15, 0.2) is 5.13 Å². The van der Waals surface area contributed by atoms with Crippen molar-refractivity contribution in [1.82, 2.24) is 4.98 Å². The van der Waals surface area contributed by atoms with E-state index < -0.39 is 5.41 Å². The van der Waals surface area contributed by atoms with Gasteiger partial charge in [-0.15, -0.1) is 11.3 Å². The summed E-state index contributed by atoms with van der Waals surface area (Å²) in [6.45, 7) is 7.46. The highest BCUT2D eigenvalue weighted by Gasteiger charge is 2.23. The van der Waals surface area contributed by atoms with Crippen molar-refractivity contribution in [3.8, 4) is 17.0 Å². The van der Waals surface area contributed by atoms with E-state index in [1.165, 1.54) is 11.3 Å². The van der Waals surface area contributed by atoms with Gasteiger partial charge >= 0.3 is 5.97 Å². The van der Waals surface area contributed by atoms with Crippen LogP contribution in [0.15, 0.2) is 24.3 Å². The standard InChI is InChI=1S/C15H18N2O2S/c1-9-12(17-14(16)20-9)10-5-7-11(8-6-10)19-13(18)15(2,3)4/h5-8H,1-4H3,(H2,16,17).